The fraction of sp³-hybridized carbons (Fsp3) is 0.429. The lowest BCUT2D eigenvalue weighted by Crippen LogP contribution is -2.31. The molecule has 2 aliphatic heterocycles. The highest BCUT2D eigenvalue weighted by atomic mass is 16.5. The smallest absolute Gasteiger partial charge is 0.295 e. The number of carbonyl (C=O) groups is 2. The minimum atomic E-state index is -0.659. The average molecular weight is 464 g/mol. The van der Waals surface area contributed by atoms with Gasteiger partial charge in [0, 0.05) is 25.8 Å². The van der Waals surface area contributed by atoms with Crippen molar-refractivity contribution in [1.82, 2.24) is 4.90 Å². The number of hydrogen-bond donors (Lipinski definition) is 1. The van der Waals surface area contributed by atoms with Crippen LogP contribution in [0.4, 0.5) is 0 Å². The largest absolute Gasteiger partial charge is 0.507 e. The van der Waals surface area contributed by atoms with E-state index in [1.807, 2.05) is 36.4 Å². The van der Waals surface area contributed by atoms with E-state index < -0.39 is 17.7 Å². The van der Waals surface area contributed by atoms with Crippen LogP contribution in [0.2, 0.25) is 0 Å². The van der Waals surface area contributed by atoms with Crippen LogP contribution in [0.15, 0.2) is 48.0 Å². The van der Waals surface area contributed by atoms with Gasteiger partial charge in [0.25, 0.3) is 11.7 Å². The van der Waals surface area contributed by atoms with Crippen LogP contribution in [-0.4, -0.2) is 48.6 Å². The van der Waals surface area contributed by atoms with Crippen LogP contribution >= 0.6 is 0 Å². The van der Waals surface area contributed by atoms with E-state index in [-0.39, 0.29) is 16.7 Å². The van der Waals surface area contributed by atoms with Crippen molar-refractivity contribution in [3.8, 4) is 5.75 Å². The van der Waals surface area contributed by atoms with Crippen molar-refractivity contribution in [2.24, 2.45) is 0 Å². The van der Waals surface area contributed by atoms with Crippen LogP contribution in [0, 0.1) is 0 Å². The van der Waals surface area contributed by atoms with Gasteiger partial charge in [0.05, 0.1) is 18.2 Å². The summed E-state index contributed by atoms with van der Waals surface area (Å²) in [6.45, 7) is 7.92. The second-order valence-corrected chi connectivity index (χ2v) is 9.99. The summed E-state index contributed by atoms with van der Waals surface area (Å²) in [5.74, 6) is -0.597. The molecule has 2 heterocycles. The first-order chi connectivity index (χ1) is 16.2. The number of hydrogen-bond acceptors (Lipinski definition) is 5. The summed E-state index contributed by atoms with van der Waals surface area (Å²) in [5, 5.41) is 11.3. The molecule has 4 rings (SSSR count). The number of carbonyl (C=O) groups excluding carboxylic acids is 2. The number of ether oxygens (including phenoxy) is 2. The minimum Gasteiger partial charge on any atom is -0.507 e. The van der Waals surface area contributed by atoms with Crippen molar-refractivity contribution in [3.05, 3.63) is 70.3 Å². The van der Waals surface area contributed by atoms with Gasteiger partial charge in [-0.05, 0) is 59.6 Å². The summed E-state index contributed by atoms with van der Waals surface area (Å²) < 4.78 is 10.8. The number of fused-ring (bicyclic) bond motifs is 1. The van der Waals surface area contributed by atoms with Gasteiger partial charge in [0.2, 0.25) is 0 Å². The van der Waals surface area contributed by atoms with Gasteiger partial charge < -0.3 is 19.5 Å². The maximum Gasteiger partial charge on any atom is 0.295 e. The van der Waals surface area contributed by atoms with Crippen LogP contribution in [0.5, 0.6) is 5.75 Å². The summed E-state index contributed by atoms with van der Waals surface area (Å²) in [4.78, 5) is 27.8. The molecule has 1 saturated heterocycles. The second kappa shape index (κ2) is 9.63. The third-order valence-corrected chi connectivity index (χ3v) is 6.56. The van der Waals surface area contributed by atoms with Crippen molar-refractivity contribution in [2.45, 2.75) is 51.5 Å². The van der Waals surface area contributed by atoms with Crippen molar-refractivity contribution in [3.63, 3.8) is 0 Å². The van der Waals surface area contributed by atoms with Crippen LogP contribution < -0.4 is 4.74 Å². The van der Waals surface area contributed by atoms with Gasteiger partial charge in [-0.15, -0.1) is 0 Å². The number of aliphatic hydroxyl groups is 1. The first kappa shape index (κ1) is 24.0. The summed E-state index contributed by atoms with van der Waals surface area (Å²) in [7, 11) is 1.61. The molecule has 2 aromatic carbocycles. The number of Topliss-reactive ketones (excluding diaryl/α,β-unsaturated/α-hetero) is 1. The first-order valence-electron chi connectivity index (χ1n) is 11.9. The lowest BCUT2D eigenvalue weighted by molar-refractivity contribution is -0.140. The zero-order valence-corrected chi connectivity index (χ0v) is 20.4. The van der Waals surface area contributed by atoms with E-state index >= 15 is 0 Å². The Morgan fingerprint density at radius 1 is 1.15 bits per heavy atom. The zero-order chi connectivity index (χ0) is 24.5. The average Bonchev–Trinajstić information content (AvgIpc) is 3.08. The third kappa shape index (κ3) is 4.60. The monoisotopic (exact) mass is 463 g/mol. The fourth-order valence-electron chi connectivity index (χ4n) is 4.67. The van der Waals surface area contributed by atoms with Crippen molar-refractivity contribution in [2.75, 3.05) is 26.9 Å². The fourth-order valence-corrected chi connectivity index (χ4v) is 4.67. The molecular weight excluding hydrogens is 430 g/mol. The van der Waals surface area contributed by atoms with Crippen LogP contribution in [0.25, 0.3) is 5.76 Å². The molecule has 1 fully saturated rings. The lowest BCUT2D eigenvalue weighted by atomic mass is 9.85. The van der Waals surface area contributed by atoms with Gasteiger partial charge in [0.15, 0.2) is 0 Å². The van der Waals surface area contributed by atoms with E-state index in [9.17, 15) is 14.7 Å². The molecule has 1 unspecified atom stereocenters. The predicted molar refractivity (Wildman–Crippen MR) is 131 cm³/mol. The second-order valence-electron chi connectivity index (χ2n) is 9.99. The number of rotatable bonds is 6. The molecule has 0 spiro atoms. The normalized spacial score (nSPS) is 19.8. The summed E-state index contributed by atoms with van der Waals surface area (Å²) in [5.41, 5.74) is 3.58. The zero-order valence-electron chi connectivity index (χ0n) is 20.4. The molecular formula is C28H33NO5. The molecule has 6 nitrogen and oxygen atoms in total. The molecule has 2 aliphatic rings. The van der Waals surface area contributed by atoms with Crippen LogP contribution in [-0.2, 0) is 26.2 Å². The topological polar surface area (TPSA) is 76.1 Å². The minimum absolute atomic E-state index is 0.0238. The molecule has 1 N–H and O–H groups in total. The predicted octanol–water partition coefficient (Wildman–Crippen LogP) is 4.77. The Bertz CT molecular complexity index is 1110. The molecule has 2 aromatic rings. The quantitative estimate of drug-likeness (QED) is 0.289. The number of methoxy groups -OCH3 is 1. The van der Waals surface area contributed by atoms with E-state index in [0.29, 0.717) is 31.7 Å². The SMILES string of the molecule is COCCCN1C(=O)C(=O)/C(=C(\O)c2ccc3c(c2)CCCO3)C1c1ccc(C(C)(C)C)cc1. The van der Waals surface area contributed by atoms with Gasteiger partial charge >= 0.3 is 0 Å². The molecule has 1 amide bonds. The van der Waals surface area contributed by atoms with Crippen LogP contribution in [0.3, 0.4) is 0 Å². The van der Waals surface area contributed by atoms with Gasteiger partial charge in [-0.3, -0.25) is 9.59 Å². The Balaban J connectivity index is 1.80. The Hall–Kier alpha value is -3.12. The molecule has 0 bridgehead atoms. The summed E-state index contributed by atoms with van der Waals surface area (Å²) >= 11 is 0. The number of ketones is 1. The van der Waals surface area contributed by atoms with Crippen molar-refractivity contribution >= 4 is 17.4 Å². The molecule has 0 aliphatic carbocycles. The Kier molecular flexibility index (Phi) is 6.80. The third-order valence-electron chi connectivity index (χ3n) is 6.56. The first-order valence-corrected chi connectivity index (χ1v) is 11.9. The van der Waals surface area contributed by atoms with Gasteiger partial charge in [-0.1, -0.05) is 45.0 Å². The van der Waals surface area contributed by atoms with E-state index in [1.165, 1.54) is 0 Å². The highest BCUT2D eigenvalue weighted by molar-refractivity contribution is 6.46. The lowest BCUT2D eigenvalue weighted by Gasteiger charge is -2.26. The maximum atomic E-state index is 13.2. The highest BCUT2D eigenvalue weighted by Gasteiger charge is 2.45. The van der Waals surface area contributed by atoms with Crippen molar-refractivity contribution in [1.29, 1.82) is 0 Å². The molecule has 180 valence electrons. The number of likely N-dealkylation sites (tertiary alicyclic amines) is 1. The van der Waals surface area contributed by atoms with Gasteiger partial charge in [0.1, 0.15) is 11.5 Å². The van der Waals surface area contributed by atoms with Crippen LogP contribution in [0.1, 0.15) is 61.9 Å². The number of nitrogens with zero attached hydrogens (tertiary/aromatic N) is 1. The summed E-state index contributed by atoms with van der Waals surface area (Å²) in [6.07, 6.45) is 2.34. The Morgan fingerprint density at radius 2 is 1.88 bits per heavy atom. The van der Waals surface area contributed by atoms with Crippen molar-refractivity contribution < 1.29 is 24.2 Å². The van der Waals surface area contributed by atoms with E-state index in [1.54, 1.807) is 18.1 Å². The van der Waals surface area contributed by atoms with E-state index in [4.69, 9.17) is 9.47 Å². The molecule has 0 saturated carbocycles. The molecule has 1 atom stereocenters. The standard InChI is InChI=1S/C28H33NO5/c1-28(2,3)21-11-8-18(9-12-21)24-23(26(31)27(32)29(24)14-6-15-33-4)25(30)20-10-13-22-19(17-20)7-5-16-34-22/h8-13,17,24,30H,5-7,14-16H2,1-4H3/b25-23-. The number of aliphatic hydroxyl groups excluding tert-OH is 1. The molecule has 0 radical (unpaired) electrons. The molecule has 34 heavy (non-hydrogen) atoms. The molecule has 6 heteroatoms. The summed E-state index contributed by atoms with van der Waals surface area (Å²) in [6, 6.07) is 12.7. The van der Waals surface area contributed by atoms with Gasteiger partial charge in [-0.2, -0.15) is 0 Å². The number of benzene rings is 2. The molecule has 0 aromatic heterocycles. The Morgan fingerprint density at radius 3 is 2.56 bits per heavy atom. The van der Waals surface area contributed by atoms with E-state index in [2.05, 4.69) is 20.8 Å². The Labute approximate surface area is 201 Å². The van der Waals surface area contributed by atoms with E-state index in [0.717, 1.165) is 35.3 Å². The van der Waals surface area contributed by atoms with Gasteiger partial charge in [-0.25, -0.2) is 0 Å². The highest BCUT2D eigenvalue weighted by Crippen LogP contribution is 2.40. The number of aryl methyl sites for hydroxylation is 1. The number of amides is 1. The maximum absolute atomic E-state index is 13.2.